The molecule has 0 spiro atoms. The van der Waals surface area contributed by atoms with Crippen molar-refractivity contribution in [3.63, 3.8) is 0 Å². The van der Waals surface area contributed by atoms with Crippen LogP contribution in [0.15, 0.2) is 41.3 Å². The van der Waals surface area contributed by atoms with Gasteiger partial charge in [-0.3, -0.25) is 4.72 Å². The molecular weight excluding hydrogens is 489 g/mol. The van der Waals surface area contributed by atoms with Crippen molar-refractivity contribution in [2.24, 2.45) is 0 Å². The van der Waals surface area contributed by atoms with Crippen LogP contribution >= 0.6 is 11.6 Å². The van der Waals surface area contributed by atoms with Gasteiger partial charge in [0.1, 0.15) is 11.6 Å². The number of nitrogens with zero attached hydrogens (tertiary/aromatic N) is 3. The number of rotatable bonds is 6. The molecule has 0 amide bonds. The van der Waals surface area contributed by atoms with Crippen LogP contribution in [0.4, 0.5) is 10.1 Å². The van der Waals surface area contributed by atoms with Crippen LogP contribution in [-0.4, -0.2) is 36.3 Å². The molecule has 1 aromatic heterocycles. The van der Waals surface area contributed by atoms with Crippen LogP contribution in [0.5, 0.6) is 0 Å². The highest BCUT2D eigenvalue weighted by molar-refractivity contribution is 7.92. The zero-order valence-electron chi connectivity index (χ0n) is 20.6. The van der Waals surface area contributed by atoms with Crippen molar-refractivity contribution in [1.29, 1.82) is 0 Å². The van der Waals surface area contributed by atoms with Crippen LogP contribution in [0.1, 0.15) is 64.4 Å². The van der Waals surface area contributed by atoms with Crippen LogP contribution < -0.4 is 10.0 Å². The number of anilines is 1. The number of benzene rings is 2. The SMILES string of the molecule is CC(C)c1nnc(-c2cc(Cl)c(F)cc2NS(=O)(=O)c2ccc(C(C)(C)C)cc2)n1[C@H]1CCNC1. The fraction of sp³-hybridized carbons (Fsp3) is 0.440. The molecular formula is C25H31ClFN5O2S. The van der Waals surface area contributed by atoms with Crippen LogP contribution in [0.2, 0.25) is 5.02 Å². The minimum atomic E-state index is -4.01. The number of hydrogen-bond acceptors (Lipinski definition) is 5. The van der Waals surface area contributed by atoms with Gasteiger partial charge >= 0.3 is 0 Å². The number of nitrogens with one attached hydrogen (secondary N) is 2. The maximum absolute atomic E-state index is 14.6. The molecule has 2 aromatic carbocycles. The van der Waals surface area contributed by atoms with Crippen molar-refractivity contribution in [3.05, 3.63) is 58.6 Å². The predicted octanol–water partition coefficient (Wildman–Crippen LogP) is 5.49. The quantitative estimate of drug-likeness (QED) is 0.449. The molecule has 3 aromatic rings. The molecule has 0 unspecified atom stereocenters. The number of sulfonamides is 1. The molecule has 4 rings (SSSR count). The van der Waals surface area contributed by atoms with E-state index >= 15 is 0 Å². The zero-order chi connectivity index (χ0) is 25.5. The van der Waals surface area contributed by atoms with Crippen LogP contribution in [0.25, 0.3) is 11.4 Å². The number of halogens is 2. The highest BCUT2D eigenvalue weighted by Gasteiger charge is 2.28. The van der Waals surface area contributed by atoms with E-state index in [0.29, 0.717) is 11.4 Å². The molecule has 1 fully saturated rings. The van der Waals surface area contributed by atoms with Gasteiger partial charge in [-0.1, -0.05) is 58.4 Å². The van der Waals surface area contributed by atoms with Gasteiger partial charge in [-0.2, -0.15) is 0 Å². The average molecular weight is 520 g/mol. The van der Waals surface area contributed by atoms with E-state index in [4.69, 9.17) is 11.6 Å². The normalized spacial score (nSPS) is 16.7. The molecule has 2 N–H and O–H groups in total. The zero-order valence-corrected chi connectivity index (χ0v) is 22.1. The molecule has 35 heavy (non-hydrogen) atoms. The van der Waals surface area contributed by atoms with Gasteiger partial charge in [-0.25, -0.2) is 12.8 Å². The smallest absolute Gasteiger partial charge is 0.261 e. The molecule has 2 heterocycles. The van der Waals surface area contributed by atoms with Crippen molar-refractivity contribution < 1.29 is 12.8 Å². The van der Waals surface area contributed by atoms with Gasteiger partial charge in [0.15, 0.2) is 5.82 Å². The fourth-order valence-corrected chi connectivity index (χ4v) is 5.49. The second-order valence-corrected chi connectivity index (χ2v) is 12.3. The van der Waals surface area contributed by atoms with Gasteiger partial charge in [0.2, 0.25) is 0 Å². The van der Waals surface area contributed by atoms with E-state index in [1.54, 1.807) is 24.3 Å². The van der Waals surface area contributed by atoms with E-state index in [2.05, 4.69) is 41.0 Å². The van der Waals surface area contributed by atoms with Gasteiger partial charge < -0.3 is 9.88 Å². The molecule has 1 atom stereocenters. The summed E-state index contributed by atoms with van der Waals surface area (Å²) in [6.45, 7) is 11.8. The Balaban J connectivity index is 1.80. The second-order valence-electron chi connectivity index (χ2n) is 10.2. The Bertz CT molecular complexity index is 1330. The van der Waals surface area contributed by atoms with Crippen molar-refractivity contribution in [1.82, 2.24) is 20.1 Å². The lowest BCUT2D eigenvalue weighted by atomic mass is 9.87. The van der Waals surface area contributed by atoms with Gasteiger partial charge in [-0.05, 0) is 42.1 Å². The first kappa shape index (κ1) is 25.6. The molecule has 188 valence electrons. The van der Waals surface area contributed by atoms with Gasteiger partial charge in [0, 0.05) is 24.1 Å². The summed E-state index contributed by atoms with van der Waals surface area (Å²) < 4.78 is 45.7. The summed E-state index contributed by atoms with van der Waals surface area (Å²) in [5.41, 5.74) is 1.32. The molecule has 1 aliphatic heterocycles. The van der Waals surface area contributed by atoms with Crippen molar-refractivity contribution >= 4 is 27.3 Å². The first-order chi connectivity index (χ1) is 16.4. The van der Waals surface area contributed by atoms with E-state index in [9.17, 15) is 12.8 Å². The third-order valence-electron chi connectivity index (χ3n) is 6.21. The summed E-state index contributed by atoms with van der Waals surface area (Å²) in [6, 6.07) is 9.28. The molecule has 0 saturated carbocycles. The van der Waals surface area contributed by atoms with E-state index in [0.717, 1.165) is 37.0 Å². The standard InChI is InChI=1S/C25H31ClFN5O2S/c1-15(2)23-29-30-24(32(23)17-10-11-28-14-17)19-12-20(26)21(27)13-22(19)31-35(33,34)18-8-6-16(7-9-18)25(3,4)5/h6-9,12-13,15,17,28,31H,10-11,14H2,1-5H3/t17-/m0/s1. The van der Waals surface area contributed by atoms with E-state index in [1.807, 2.05) is 18.4 Å². The maximum Gasteiger partial charge on any atom is 0.261 e. The third-order valence-corrected chi connectivity index (χ3v) is 7.89. The number of aromatic nitrogens is 3. The highest BCUT2D eigenvalue weighted by atomic mass is 35.5. The molecule has 1 saturated heterocycles. The summed E-state index contributed by atoms with van der Waals surface area (Å²) in [5, 5.41) is 12.0. The van der Waals surface area contributed by atoms with E-state index in [-0.39, 0.29) is 33.0 Å². The summed E-state index contributed by atoms with van der Waals surface area (Å²) in [6.07, 6.45) is 0.876. The van der Waals surface area contributed by atoms with Crippen molar-refractivity contribution in [2.45, 2.75) is 63.3 Å². The monoisotopic (exact) mass is 519 g/mol. The van der Waals surface area contributed by atoms with E-state index < -0.39 is 15.8 Å². The topological polar surface area (TPSA) is 88.9 Å². The third kappa shape index (κ3) is 5.22. The van der Waals surface area contributed by atoms with Gasteiger partial charge in [0.25, 0.3) is 10.0 Å². The Labute approximate surface area is 211 Å². The lowest BCUT2D eigenvalue weighted by molar-refractivity contribution is 0.514. The van der Waals surface area contributed by atoms with Crippen molar-refractivity contribution in [3.8, 4) is 11.4 Å². The first-order valence-electron chi connectivity index (χ1n) is 11.7. The lowest BCUT2D eigenvalue weighted by Crippen LogP contribution is -2.19. The average Bonchev–Trinajstić information content (AvgIpc) is 3.45. The number of hydrogen-bond donors (Lipinski definition) is 2. The maximum atomic E-state index is 14.6. The largest absolute Gasteiger partial charge is 0.315 e. The summed E-state index contributed by atoms with van der Waals surface area (Å²) in [4.78, 5) is 0.0798. The summed E-state index contributed by atoms with van der Waals surface area (Å²) >= 11 is 6.14. The summed E-state index contributed by atoms with van der Waals surface area (Å²) in [7, 11) is -4.01. The Morgan fingerprint density at radius 3 is 2.43 bits per heavy atom. The van der Waals surface area contributed by atoms with Gasteiger partial charge in [0.05, 0.1) is 21.6 Å². The Morgan fingerprint density at radius 1 is 1.17 bits per heavy atom. The Morgan fingerprint density at radius 2 is 1.86 bits per heavy atom. The van der Waals surface area contributed by atoms with Crippen LogP contribution in [-0.2, 0) is 15.4 Å². The molecule has 10 heteroatoms. The minimum absolute atomic E-state index is 0.0571. The predicted molar refractivity (Wildman–Crippen MR) is 137 cm³/mol. The van der Waals surface area contributed by atoms with Gasteiger partial charge in [-0.15, -0.1) is 10.2 Å². The fourth-order valence-electron chi connectivity index (χ4n) is 4.25. The molecule has 7 nitrogen and oxygen atoms in total. The molecule has 0 radical (unpaired) electrons. The first-order valence-corrected chi connectivity index (χ1v) is 13.5. The highest BCUT2D eigenvalue weighted by Crippen LogP contribution is 2.37. The Kier molecular flexibility index (Phi) is 6.96. The minimum Gasteiger partial charge on any atom is -0.315 e. The van der Waals surface area contributed by atoms with Crippen molar-refractivity contribution in [2.75, 3.05) is 17.8 Å². The summed E-state index contributed by atoms with van der Waals surface area (Å²) in [5.74, 6) is 0.592. The second kappa shape index (κ2) is 9.52. The molecule has 0 bridgehead atoms. The Hall–Kier alpha value is -2.49. The lowest BCUT2D eigenvalue weighted by Gasteiger charge is -2.21. The van der Waals surface area contributed by atoms with Crippen LogP contribution in [0, 0.1) is 5.82 Å². The molecule has 1 aliphatic rings. The van der Waals surface area contributed by atoms with Crippen LogP contribution in [0.3, 0.4) is 0 Å². The van der Waals surface area contributed by atoms with E-state index in [1.165, 1.54) is 6.07 Å². The molecule has 0 aliphatic carbocycles.